The van der Waals surface area contributed by atoms with Gasteiger partial charge in [0.25, 0.3) is 5.69 Å². The molecular weight excluding hydrogens is 260 g/mol. The second kappa shape index (κ2) is 7.44. The van der Waals surface area contributed by atoms with Gasteiger partial charge in [-0.05, 0) is 12.0 Å². The number of nitrogens with one attached hydrogen (secondary N) is 2. The van der Waals surface area contributed by atoms with Gasteiger partial charge in [0.15, 0.2) is 0 Å². The molecule has 0 aliphatic carbocycles. The monoisotopic (exact) mass is 280 g/mol. The molecule has 0 bridgehead atoms. The fourth-order valence-electron chi connectivity index (χ4n) is 1.59. The van der Waals surface area contributed by atoms with Gasteiger partial charge < -0.3 is 16.4 Å². The van der Waals surface area contributed by atoms with E-state index in [0.29, 0.717) is 18.8 Å². The van der Waals surface area contributed by atoms with Crippen LogP contribution in [0.25, 0.3) is 0 Å². The van der Waals surface area contributed by atoms with Crippen LogP contribution in [0.2, 0.25) is 0 Å². The summed E-state index contributed by atoms with van der Waals surface area (Å²) in [6, 6.07) is 5.83. The van der Waals surface area contributed by atoms with Gasteiger partial charge in [-0.25, -0.2) is 0 Å². The highest BCUT2D eigenvalue weighted by Gasteiger charge is 2.16. The van der Waals surface area contributed by atoms with Crippen LogP contribution in [-0.4, -0.2) is 30.0 Å². The van der Waals surface area contributed by atoms with E-state index < -0.39 is 11.0 Å². The van der Waals surface area contributed by atoms with Gasteiger partial charge in [-0.1, -0.05) is 26.0 Å². The van der Waals surface area contributed by atoms with Crippen molar-refractivity contribution in [3.63, 3.8) is 0 Å². The molecule has 1 atom stereocenters. The molecule has 1 aromatic rings. The number of nitro benzene ring substituents is 1. The molecule has 20 heavy (non-hydrogen) atoms. The highest BCUT2D eigenvalue weighted by molar-refractivity contribution is 5.81. The van der Waals surface area contributed by atoms with Crippen LogP contribution in [0.15, 0.2) is 24.3 Å². The molecule has 0 aromatic heterocycles. The van der Waals surface area contributed by atoms with Crippen molar-refractivity contribution >= 4 is 17.3 Å². The van der Waals surface area contributed by atoms with Gasteiger partial charge in [-0.3, -0.25) is 14.9 Å². The fraction of sp³-hybridized carbons (Fsp3) is 0.462. The van der Waals surface area contributed by atoms with Crippen LogP contribution in [0.3, 0.4) is 0 Å². The highest BCUT2D eigenvalue weighted by atomic mass is 16.6. The van der Waals surface area contributed by atoms with Crippen molar-refractivity contribution in [2.24, 2.45) is 11.7 Å². The van der Waals surface area contributed by atoms with Gasteiger partial charge in [-0.2, -0.15) is 0 Å². The first-order chi connectivity index (χ1) is 9.43. The molecule has 0 fully saturated rings. The molecule has 0 spiro atoms. The van der Waals surface area contributed by atoms with Gasteiger partial charge in [0.1, 0.15) is 5.69 Å². The number of nitrogens with zero attached hydrogens (tertiary/aromatic N) is 1. The Kier molecular flexibility index (Phi) is 5.92. The van der Waals surface area contributed by atoms with E-state index in [0.717, 1.165) is 0 Å². The number of hydrogen-bond donors (Lipinski definition) is 3. The van der Waals surface area contributed by atoms with Gasteiger partial charge in [0.05, 0.1) is 11.0 Å². The van der Waals surface area contributed by atoms with Crippen molar-refractivity contribution in [3.8, 4) is 0 Å². The second-order valence-electron chi connectivity index (χ2n) is 4.76. The Labute approximate surface area is 117 Å². The Balaban J connectivity index is 2.42. The Hall–Kier alpha value is -2.15. The number of nitro groups is 1. The number of amides is 1. The molecule has 0 heterocycles. The summed E-state index contributed by atoms with van der Waals surface area (Å²) >= 11 is 0. The number of anilines is 1. The molecular formula is C13H20N4O3. The lowest BCUT2D eigenvalue weighted by Gasteiger charge is -2.15. The van der Waals surface area contributed by atoms with Gasteiger partial charge in [-0.15, -0.1) is 0 Å². The third kappa shape index (κ3) is 4.51. The number of carbonyl (C=O) groups is 1. The number of rotatable bonds is 7. The lowest BCUT2D eigenvalue weighted by Crippen LogP contribution is -2.45. The van der Waals surface area contributed by atoms with Crippen LogP contribution >= 0.6 is 0 Å². The number of carbonyl (C=O) groups excluding carboxylic acids is 1. The average Bonchev–Trinajstić information content (AvgIpc) is 2.42. The minimum absolute atomic E-state index is 0.0118. The minimum atomic E-state index is -0.541. The first kappa shape index (κ1) is 15.9. The Morgan fingerprint density at radius 2 is 2.00 bits per heavy atom. The molecule has 0 aliphatic heterocycles. The van der Waals surface area contributed by atoms with E-state index in [2.05, 4.69) is 10.6 Å². The first-order valence-electron chi connectivity index (χ1n) is 6.44. The summed E-state index contributed by atoms with van der Waals surface area (Å²) < 4.78 is 0. The van der Waals surface area contributed by atoms with Crippen molar-refractivity contribution in [1.29, 1.82) is 0 Å². The summed E-state index contributed by atoms with van der Waals surface area (Å²) in [7, 11) is 0. The molecule has 0 radical (unpaired) electrons. The smallest absolute Gasteiger partial charge is 0.292 e. The number of para-hydroxylation sites is 2. The SMILES string of the molecule is CC(C)[C@H](N)C(=O)NCCNc1ccccc1[N+](=O)[O-]. The third-order valence-electron chi connectivity index (χ3n) is 2.86. The number of benzene rings is 1. The van der Waals surface area contributed by atoms with E-state index in [1.807, 2.05) is 13.8 Å². The maximum atomic E-state index is 11.6. The molecule has 7 heteroatoms. The molecule has 0 aliphatic rings. The molecule has 0 unspecified atom stereocenters. The number of nitrogens with two attached hydrogens (primary N) is 1. The van der Waals surface area contributed by atoms with Crippen LogP contribution in [0, 0.1) is 16.0 Å². The summed E-state index contributed by atoms with van der Waals surface area (Å²) in [6.07, 6.45) is 0. The molecule has 7 nitrogen and oxygen atoms in total. The van der Waals surface area contributed by atoms with Crippen LogP contribution in [-0.2, 0) is 4.79 Å². The van der Waals surface area contributed by atoms with Crippen molar-refractivity contribution < 1.29 is 9.72 Å². The van der Waals surface area contributed by atoms with Crippen LogP contribution < -0.4 is 16.4 Å². The van der Waals surface area contributed by atoms with Crippen molar-refractivity contribution in [1.82, 2.24) is 5.32 Å². The topological polar surface area (TPSA) is 110 Å². The molecule has 1 rings (SSSR count). The van der Waals surface area contributed by atoms with Crippen LogP contribution in [0.4, 0.5) is 11.4 Å². The van der Waals surface area contributed by atoms with E-state index in [4.69, 9.17) is 5.73 Å². The minimum Gasteiger partial charge on any atom is -0.378 e. The van der Waals surface area contributed by atoms with Crippen molar-refractivity contribution in [2.45, 2.75) is 19.9 Å². The standard InChI is InChI=1S/C13H20N4O3/c1-9(2)12(14)13(18)16-8-7-15-10-5-3-4-6-11(10)17(19)20/h3-6,9,12,15H,7-8,14H2,1-2H3,(H,16,18)/t12-/m0/s1. The van der Waals surface area contributed by atoms with Gasteiger partial charge in [0.2, 0.25) is 5.91 Å². The summed E-state index contributed by atoms with van der Waals surface area (Å²) in [4.78, 5) is 22.0. The maximum absolute atomic E-state index is 11.6. The average molecular weight is 280 g/mol. The largest absolute Gasteiger partial charge is 0.378 e. The van der Waals surface area contributed by atoms with Crippen LogP contribution in [0.5, 0.6) is 0 Å². The second-order valence-corrected chi connectivity index (χ2v) is 4.76. The summed E-state index contributed by atoms with van der Waals surface area (Å²) in [5.74, 6) is -0.150. The Morgan fingerprint density at radius 1 is 1.35 bits per heavy atom. The fourth-order valence-corrected chi connectivity index (χ4v) is 1.59. The normalized spacial score (nSPS) is 12.0. The van der Waals surface area contributed by atoms with Crippen molar-refractivity contribution in [3.05, 3.63) is 34.4 Å². The first-order valence-corrected chi connectivity index (χ1v) is 6.44. The van der Waals surface area contributed by atoms with E-state index in [1.165, 1.54) is 6.07 Å². The van der Waals surface area contributed by atoms with E-state index in [1.54, 1.807) is 18.2 Å². The third-order valence-corrected chi connectivity index (χ3v) is 2.86. The predicted molar refractivity (Wildman–Crippen MR) is 77.4 cm³/mol. The Bertz CT molecular complexity index is 476. The van der Waals surface area contributed by atoms with E-state index in [-0.39, 0.29) is 17.5 Å². The molecule has 4 N–H and O–H groups in total. The van der Waals surface area contributed by atoms with E-state index >= 15 is 0 Å². The lowest BCUT2D eigenvalue weighted by atomic mass is 10.1. The highest BCUT2D eigenvalue weighted by Crippen LogP contribution is 2.22. The van der Waals surface area contributed by atoms with Crippen LogP contribution in [0.1, 0.15) is 13.8 Å². The van der Waals surface area contributed by atoms with Gasteiger partial charge >= 0.3 is 0 Å². The molecule has 0 saturated carbocycles. The van der Waals surface area contributed by atoms with E-state index in [9.17, 15) is 14.9 Å². The number of hydrogen-bond acceptors (Lipinski definition) is 5. The zero-order valence-electron chi connectivity index (χ0n) is 11.6. The van der Waals surface area contributed by atoms with Crippen molar-refractivity contribution in [2.75, 3.05) is 18.4 Å². The maximum Gasteiger partial charge on any atom is 0.292 e. The summed E-state index contributed by atoms with van der Waals surface area (Å²) in [5, 5.41) is 16.4. The zero-order valence-corrected chi connectivity index (χ0v) is 11.6. The summed E-state index contributed by atoms with van der Waals surface area (Å²) in [5.41, 5.74) is 6.14. The molecule has 1 amide bonds. The zero-order chi connectivity index (χ0) is 15.1. The Morgan fingerprint density at radius 3 is 2.60 bits per heavy atom. The van der Waals surface area contributed by atoms with Gasteiger partial charge in [0, 0.05) is 19.2 Å². The molecule has 110 valence electrons. The molecule has 0 saturated heterocycles. The lowest BCUT2D eigenvalue weighted by molar-refractivity contribution is -0.384. The predicted octanol–water partition coefficient (Wildman–Crippen LogP) is 1.11. The molecule has 1 aromatic carbocycles. The summed E-state index contributed by atoms with van der Waals surface area (Å²) in [6.45, 7) is 4.48. The quantitative estimate of drug-likeness (QED) is 0.393.